The van der Waals surface area contributed by atoms with Crippen LogP contribution in [0.4, 0.5) is 0 Å². The van der Waals surface area contributed by atoms with Crippen LogP contribution in [-0.4, -0.2) is 48.3 Å². The van der Waals surface area contributed by atoms with E-state index >= 15 is 0 Å². The number of ketones is 1. The first-order valence-corrected chi connectivity index (χ1v) is 8.40. The highest BCUT2D eigenvalue weighted by Gasteiger charge is 2.24. The summed E-state index contributed by atoms with van der Waals surface area (Å²) < 4.78 is 0. The van der Waals surface area contributed by atoms with Crippen LogP contribution in [0.3, 0.4) is 0 Å². The predicted molar refractivity (Wildman–Crippen MR) is 93.2 cm³/mol. The number of carbonyl (C=O) groups is 2. The molecule has 5 nitrogen and oxygen atoms in total. The molecule has 1 fully saturated rings. The van der Waals surface area contributed by atoms with Crippen molar-refractivity contribution >= 4 is 11.7 Å². The van der Waals surface area contributed by atoms with E-state index in [9.17, 15) is 9.59 Å². The number of nitrogens with zero attached hydrogens (tertiary/aromatic N) is 1. The number of rotatable bonds is 5. The lowest BCUT2D eigenvalue weighted by atomic mass is 9.97. The molecule has 1 saturated heterocycles. The van der Waals surface area contributed by atoms with Gasteiger partial charge < -0.3 is 15.2 Å². The standard InChI is InChI=1S/C19H23N3O2/c1-20-11-14-3-2-10-22(13-14)19(24)16-6-4-15(5-7-16)18(23)17-8-9-21-12-17/h4-9,12,14,20-21H,2-3,10-11,13H2,1H3. The van der Waals surface area contributed by atoms with Crippen molar-refractivity contribution in [3.05, 3.63) is 59.4 Å². The van der Waals surface area contributed by atoms with Gasteiger partial charge >= 0.3 is 0 Å². The first-order chi connectivity index (χ1) is 11.7. The largest absolute Gasteiger partial charge is 0.367 e. The molecular formula is C19H23N3O2. The van der Waals surface area contributed by atoms with Gasteiger partial charge in [0.1, 0.15) is 0 Å². The van der Waals surface area contributed by atoms with Crippen molar-refractivity contribution in [3.8, 4) is 0 Å². The number of aromatic amines is 1. The smallest absolute Gasteiger partial charge is 0.253 e. The molecule has 0 saturated carbocycles. The summed E-state index contributed by atoms with van der Waals surface area (Å²) in [6.45, 7) is 2.54. The number of amides is 1. The Balaban J connectivity index is 1.69. The summed E-state index contributed by atoms with van der Waals surface area (Å²) in [4.78, 5) is 29.8. The minimum atomic E-state index is -0.0395. The quantitative estimate of drug-likeness (QED) is 0.829. The van der Waals surface area contributed by atoms with Crippen LogP contribution in [0.5, 0.6) is 0 Å². The van der Waals surface area contributed by atoms with Gasteiger partial charge in [0.2, 0.25) is 0 Å². The minimum absolute atomic E-state index is 0.0395. The third-order valence-electron chi connectivity index (χ3n) is 4.55. The predicted octanol–water partition coefficient (Wildman–Crippen LogP) is 2.32. The number of nitrogens with one attached hydrogen (secondary N) is 2. The van der Waals surface area contributed by atoms with Crippen LogP contribution in [0, 0.1) is 5.92 Å². The topological polar surface area (TPSA) is 65.2 Å². The molecule has 1 unspecified atom stereocenters. The lowest BCUT2D eigenvalue weighted by molar-refractivity contribution is 0.0674. The van der Waals surface area contributed by atoms with E-state index in [1.807, 2.05) is 11.9 Å². The fourth-order valence-electron chi connectivity index (χ4n) is 3.28. The van der Waals surface area contributed by atoms with E-state index in [0.29, 0.717) is 22.6 Å². The average Bonchev–Trinajstić information content (AvgIpc) is 3.16. The molecule has 24 heavy (non-hydrogen) atoms. The molecule has 1 aromatic heterocycles. The number of piperidine rings is 1. The first kappa shape index (κ1) is 16.5. The monoisotopic (exact) mass is 325 g/mol. The van der Waals surface area contributed by atoms with Crippen LogP contribution in [0.25, 0.3) is 0 Å². The Morgan fingerprint density at radius 1 is 1.17 bits per heavy atom. The van der Waals surface area contributed by atoms with Crippen molar-refractivity contribution in [1.29, 1.82) is 0 Å². The first-order valence-electron chi connectivity index (χ1n) is 8.40. The number of H-pyrrole nitrogens is 1. The maximum absolute atomic E-state index is 12.7. The second-order valence-corrected chi connectivity index (χ2v) is 6.32. The van der Waals surface area contributed by atoms with Gasteiger partial charge in [-0.2, -0.15) is 0 Å². The fraction of sp³-hybridized carbons (Fsp3) is 0.368. The van der Waals surface area contributed by atoms with Crippen molar-refractivity contribution in [2.45, 2.75) is 12.8 Å². The van der Waals surface area contributed by atoms with Crippen molar-refractivity contribution in [1.82, 2.24) is 15.2 Å². The number of carbonyl (C=O) groups excluding carboxylic acids is 2. The summed E-state index contributed by atoms with van der Waals surface area (Å²) in [5.74, 6) is 0.529. The average molecular weight is 325 g/mol. The molecule has 0 spiro atoms. The summed E-state index contributed by atoms with van der Waals surface area (Å²) in [7, 11) is 1.95. The number of likely N-dealkylation sites (tertiary alicyclic amines) is 1. The zero-order valence-corrected chi connectivity index (χ0v) is 13.9. The van der Waals surface area contributed by atoms with E-state index in [1.54, 1.807) is 42.7 Å². The molecule has 0 bridgehead atoms. The fourth-order valence-corrected chi connectivity index (χ4v) is 3.28. The van der Waals surface area contributed by atoms with E-state index in [1.165, 1.54) is 0 Å². The Kier molecular flexibility index (Phi) is 5.11. The third-order valence-corrected chi connectivity index (χ3v) is 4.55. The highest BCUT2D eigenvalue weighted by Crippen LogP contribution is 2.19. The minimum Gasteiger partial charge on any atom is -0.367 e. The Morgan fingerprint density at radius 2 is 1.92 bits per heavy atom. The molecule has 1 aromatic carbocycles. The summed E-state index contributed by atoms with van der Waals surface area (Å²) in [6, 6.07) is 8.72. The second-order valence-electron chi connectivity index (χ2n) is 6.32. The van der Waals surface area contributed by atoms with Gasteiger partial charge in [-0.1, -0.05) is 12.1 Å². The molecule has 0 radical (unpaired) electrons. The van der Waals surface area contributed by atoms with Gasteiger partial charge in [0.25, 0.3) is 5.91 Å². The molecule has 1 aliphatic heterocycles. The molecule has 5 heteroatoms. The van der Waals surface area contributed by atoms with Crippen molar-refractivity contribution < 1.29 is 9.59 Å². The van der Waals surface area contributed by atoms with Gasteiger partial charge in [0.05, 0.1) is 0 Å². The van der Waals surface area contributed by atoms with Crippen LogP contribution in [-0.2, 0) is 0 Å². The number of hydrogen-bond acceptors (Lipinski definition) is 3. The summed E-state index contributed by atoms with van der Waals surface area (Å²) in [5, 5.41) is 3.19. The van der Waals surface area contributed by atoms with Gasteiger partial charge in [-0.3, -0.25) is 9.59 Å². The molecule has 2 heterocycles. The van der Waals surface area contributed by atoms with Gasteiger partial charge in [-0.05, 0) is 50.6 Å². The number of aromatic nitrogens is 1. The van der Waals surface area contributed by atoms with Crippen molar-refractivity contribution in [2.75, 3.05) is 26.7 Å². The maximum atomic E-state index is 12.7. The third kappa shape index (κ3) is 3.57. The Hall–Kier alpha value is -2.40. The molecule has 2 N–H and O–H groups in total. The zero-order valence-electron chi connectivity index (χ0n) is 13.9. The van der Waals surface area contributed by atoms with E-state index in [0.717, 1.165) is 32.5 Å². The molecule has 3 rings (SSSR count). The molecule has 2 aromatic rings. The maximum Gasteiger partial charge on any atom is 0.253 e. The molecule has 1 amide bonds. The Bertz CT molecular complexity index is 690. The Labute approximate surface area is 142 Å². The lowest BCUT2D eigenvalue weighted by Gasteiger charge is -2.32. The van der Waals surface area contributed by atoms with E-state index < -0.39 is 0 Å². The SMILES string of the molecule is CNCC1CCCN(C(=O)c2ccc(C(=O)c3cc[nH]c3)cc2)C1. The second kappa shape index (κ2) is 7.45. The number of hydrogen-bond donors (Lipinski definition) is 2. The van der Waals surface area contributed by atoms with Crippen LogP contribution < -0.4 is 5.32 Å². The highest BCUT2D eigenvalue weighted by molar-refractivity contribution is 6.09. The van der Waals surface area contributed by atoms with E-state index in [4.69, 9.17) is 0 Å². The molecule has 1 aliphatic rings. The van der Waals surface area contributed by atoms with E-state index in [2.05, 4.69) is 10.3 Å². The van der Waals surface area contributed by atoms with E-state index in [-0.39, 0.29) is 11.7 Å². The summed E-state index contributed by atoms with van der Waals surface area (Å²) >= 11 is 0. The lowest BCUT2D eigenvalue weighted by Crippen LogP contribution is -2.42. The van der Waals surface area contributed by atoms with Crippen LogP contribution in [0.15, 0.2) is 42.7 Å². The zero-order chi connectivity index (χ0) is 16.9. The van der Waals surface area contributed by atoms with Crippen LogP contribution in [0.1, 0.15) is 39.1 Å². The summed E-state index contributed by atoms with van der Waals surface area (Å²) in [6.07, 6.45) is 5.61. The molecule has 0 aliphatic carbocycles. The molecule has 126 valence electrons. The van der Waals surface area contributed by atoms with Crippen LogP contribution in [0.2, 0.25) is 0 Å². The van der Waals surface area contributed by atoms with Gasteiger partial charge in [0, 0.05) is 42.2 Å². The summed E-state index contributed by atoms with van der Waals surface area (Å²) in [5.41, 5.74) is 1.86. The normalized spacial score (nSPS) is 17.7. The van der Waals surface area contributed by atoms with Gasteiger partial charge in [0.15, 0.2) is 5.78 Å². The number of benzene rings is 1. The van der Waals surface area contributed by atoms with Crippen molar-refractivity contribution in [3.63, 3.8) is 0 Å². The molecular weight excluding hydrogens is 302 g/mol. The molecule has 1 atom stereocenters. The Morgan fingerprint density at radius 3 is 2.58 bits per heavy atom. The van der Waals surface area contributed by atoms with Gasteiger partial charge in [-0.15, -0.1) is 0 Å². The van der Waals surface area contributed by atoms with Crippen LogP contribution >= 0.6 is 0 Å². The van der Waals surface area contributed by atoms with Gasteiger partial charge in [-0.25, -0.2) is 0 Å². The highest BCUT2D eigenvalue weighted by atomic mass is 16.2. The van der Waals surface area contributed by atoms with Crippen molar-refractivity contribution in [2.24, 2.45) is 5.92 Å².